The number of nitrogens with one attached hydrogen (secondary N) is 1. The van der Waals surface area contributed by atoms with Gasteiger partial charge in [0.2, 0.25) is 11.8 Å². The van der Waals surface area contributed by atoms with Crippen LogP contribution in [0.2, 0.25) is 0 Å². The second-order valence-electron chi connectivity index (χ2n) is 9.28. The average molecular weight is 550 g/mol. The SMILES string of the molecule is CCOc1ccc(C(C(=O)NCc2ccccc2)N(C(=O)Cn2nnc3ccccc32)c2ccccc2OC)cc1. The fourth-order valence-corrected chi connectivity index (χ4v) is 4.70. The summed E-state index contributed by atoms with van der Waals surface area (Å²) in [6.07, 6.45) is 0. The first kappa shape index (κ1) is 27.4. The molecule has 1 unspecified atom stereocenters. The minimum atomic E-state index is -1.02. The minimum absolute atomic E-state index is 0.141. The average Bonchev–Trinajstić information content (AvgIpc) is 3.42. The van der Waals surface area contributed by atoms with Crippen molar-refractivity contribution in [2.45, 2.75) is 26.1 Å². The number of fused-ring (bicyclic) bond motifs is 1. The highest BCUT2D eigenvalue weighted by Crippen LogP contribution is 2.36. The molecule has 0 aliphatic carbocycles. The molecule has 1 aromatic heterocycles. The standard InChI is InChI=1S/C32H31N5O4/c1-3-41-25-19-17-24(18-20-25)31(32(39)33-21-23-11-5-4-6-12-23)37(28-15-9-10-16-29(28)40-2)30(38)22-36-27-14-8-7-13-26(27)34-35-36/h4-20,31H,3,21-22H2,1-2H3,(H,33,39). The van der Waals surface area contributed by atoms with Gasteiger partial charge in [0.25, 0.3) is 0 Å². The van der Waals surface area contributed by atoms with E-state index in [-0.39, 0.29) is 18.4 Å². The van der Waals surface area contributed by atoms with Crippen molar-refractivity contribution < 1.29 is 19.1 Å². The number of para-hydroxylation sites is 3. The van der Waals surface area contributed by atoms with Gasteiger partial charge in [0.1, 0.15) is 29.6 Å². The number of carbonyl (C=O) groups excluding carboxylic acids is 2. The zero-order chi connectivity index (χ0) is 28.6. The molecule has 9 heteroatoms. The zero-order valence-corrected chi connectivity index (χ0v) is 22.9. The molecule has 5 rings (SSSR count). The van der Waals surface area contributed by atoms with Crippen LogP contribution in [-0.2, 0) is 22.7 Å². The molecular formula is C32H31N5O4. The molecule has 0 saturated carbocycles. The van der Waals surface area contributed by atoms with Gasteiger partial charge in [-0.15, -0.1) is 5.10 Å². The van der Waals surface area contributed by atoms with E-state index in [0.717, 1.165) is 5.56 Å². The number of amides is 2. The number of ether oxygens (including phenoxy) is 2. The van der Waals surface area contributed by atoms with Crippen LogP contribution in [0.15, 0.2) is 103 Å². The van der Waals surface area contributed by atoms with Gasteiger partial charge in [-0.1, -0.05) is 71.9 Å². The highest BCUT2D eigenvalue weighted by Gasteiger charge is 2.35. The Morgan fingerprint density at radius 2 is 1.61 bits per heavy atom. The first-order valence-electron chi connectivity index (χ1n) is 13.4. The Kier molecular flexibility index (Phi) is 8.54. The number of hydrogen-bond donors (Lipinski definition) is 1. The largest absolute Gasteiger partial charge is 0.495 e. The van der Waals surface area contributed by atoms with E-state index < -0.39 is 6.04 Å². The summed E-state index contributed by atoms with van der Waals surface area (Å²) in [6.45, 7) is 2.58. The number of hydrogen-bond acceptors (Lipinski definition) is 6. The molecule has 41 heavy (non-hydrogen) atoms. The van der Waals surface area contributed by atoms with Crippen LogP contribution in [0.5, 0.6) is 11.5 Å². The minimum Gasteiger partial charge on any atom is -0.495 e. The van der Waals surface area contributed by atoms with E-state index >= 15 is 0 Å². The van der Waals surface area contributed by atoms with Gasteiger partial charge < -0.3 is 14.8 Å². The van der Waals surface area contributed by atoms with Gasteiger partial charge in [0.05, 0.1) is 24.9 Å². The lowest BCUT2D eigenvalue weighted by molar-refractivity contribution is -0.127. The fraction of sp³-hybridized carbons (Fsp3) is 0.188. The summed E-state index contributed by atoms with van der Waals surface area (Å²) in [7, 11) is 1.54. The number of carbonyl (C=O) groups is 2. The maximum Gasteiger partial charge on any atom is 0.249 e. The monoisotopic (exact) mass is 549 g/mol. The van der Waals surface area contributed by atoms with E-state index in [1.807, 2.05) is 67.6 Å². The molecule has 0 aliphatic heterocycles. The van der Waals surface area contributed by atoms with E-state index in [9.17, 15) is 9.59 Å². The van der Waals surface area contributed by atoms with Crippen molar-refractivity contribution in [1.29, 1.82) is 0 Å². The highest BCUT2D eigenvalue weighted by atomic mass is 16.5. The lowest BCUT2D eigenvalue weighted by Gasteiger charge is -2.32. The molecule has 1 heterocycles. The third-order valence-corrected chi connectivity index (χ3v) is 6.64. The van der Waals surface area contributed by atoms with Crippen molar-refractivity contribution in [2.24, 2.45) is 0 Å². The molecule has 4 aromatic carbocycles. The van der Waals surface area contributed by atoms with Crippen LogP contribution >= 0.6 is 0 Å². The number of nitrogens with zero attached hydrogens (tertiary/aromatic N) is 4. The van der Waals surface area contributed by atoms with Crippen molar-refractivity contribution in [3.8, 4) is 11.5 Å². The summed E-state index contributed by atoms with van der Waals surface area (Å²) >= 11 is 0. The highest BCUT2D eigenvalue weighted by molar-refractivity contribution is 6.02. The molecule has 9 nitrogen and oxygen atoms in total. The molecule has 0 radical (unpaired) electrons. The van der Waals surface area contributed by atoms with Gasteiger partial charge in [-0.25, -0.2) is 4.68 Å². The van der Waals surface area contributed by atoms with Crippen molar-refractivity contribution in [2.75, 3.05) is 18.6 Å². The van der Waals surface area contributed by atoms with Crippen LogP contribution < -0.4 is 19.7 Å². The molecule has 0 bridgehead atoms. The molecule has 0 aliphatic rings. The predicted molar refractivity (Wildman–Crippen MR) is 157 cm³/mol. The second-order valence-corrected chi connectivity index (χ2v) is 9.28. The van der Waals surface area contributed by atoms with Crippen LogP contribution in [0.3, 0.4) is 0 Å². The van der Waals surface area contributed by atoms with E-state index in [4.69, 9.17) is 9.47 Å². The second kappa shape index (κ2) is 12.8. The number of rotatable bonds is 11. The Morgan fingerprint density at radius 1 is 0.902 bits per heavy atom. The lowest BCUT2D eigenvalue weighted by atomic mass is 10.0. The number of methoxy groups -OCH3 is 1. The Morgan fingerprint density at radius 3 is 2.37 bits per heavy atom. The Bertz CT molecular complexity index is 1620. The third-order valence-electron chi connectivity index (χ3n) is 6.64. The summed E-state index contributed by atoms with van der Waals surface area (Å²) in [5.41, 5.74) is 3.40. The van der Waals surface area contributed by atoms with Crippen molar-refractivity contribution in [1.82, 2.24) is 20.3 Å². The molecule has 1 atom stereocenters. The molecular weight excluding hydrogens is 518 g/mol. The maximum absolute atomic E-state index is 14.3. The van der Waals surface area contributed by atoms with Gasteiger partial charge in [-0.05, 0) is 54.4 Å². The maximum atomic E-state index is 14.3. The molecule has 1 N–H and O–H groups in total. The van der Waals surface area contributed by atoms with E-state index in [1.54, 1.807) is 42.5 Å². The number of benzene rings is 4. The van der Waals surface area contributed by atoms with Crippen LogP contribution in [0.25, 0.3) is 11.0 Å². The van der Waals surface area contributed by atoms with Crippen molar-refractivity contribution in [3.63, 3.8) is 0 Å². The summed E-state index contributed by atoms with van der Waals surface area (Å²) in [5.74, 6) is 0.416. The van der Waals surface area contributed by atoms with Gasteiger partial charge in [0.15, 0.2) is 0 Å². The summed E-state index contributed by atoms with van der Waals surface area (Å²) in [5, 5.41) is 11.4. The third kappa shape index (κ3) is 6.19. The first-order chi connectivity index (χ1) is 20.1. The smallest absolute Gasteiger partial charge is 0.249 e. The Hall–Kier alpha value is -5.18. The Balaban J connectivity index is 1.58. The summed E-state index contributed by atoms with van der Waals surface area (Å²) < 4.78 is 12.8. The fourth-order valence-electron chi connectivity index (χ4n) is 4.70. The van der Waals surface area contributed by atoms with Gasteiger partial charge >= 0.3 is 0 Å². The normalized spacial score (nSPS) is 11.6. The van der Waals surface area contributed by atoms with E-state index in [2.05, 4.69) is 15.6 Å². The van der Waals surface area contributed by atoms with Crippen molar-refractivity contribution in [3.05, 3.63) is 114 Å². The van der Waals surface area contributed by atoms with E-state index in [0.29, 0.717) is 46.9 Å². The van der Waals surface area contributed by atoms with Gasteiger partial charge in [0, 0.05) is 6.54 Å². The zero-order valence-electron chi connectivity index (χ0n) is 22.9. The van der Waals surface area contributed by atoms with Crippen LogP contribution in [0.1, 0.15) is 24.1 Å². The quantitative estimate of drug-likeness (QED) is 0.251. The molecule has 0 fully saturated rings. The van der Waals surface area contributed by atoms with Crippen LogP contribution in [0, 0.1) is 0 Å². The molecule has 0 spiro atoms. The number of anilines is 1. The van der Waals surface area contributed by atoms with Gasteiger partial charge in [-0.2, -0.15) is 0 Å². The molecule has 208 valence electrons. The molecule has 2 amide bonds. The number of aromatic nitrogens is 3. The van der Waals surface area contributed by atoms with E-state index in [1.165, 1.54) is 16.7 Å². The van der Waals surface area contributed by atoms with Gasteiger partial charge in [-0.3, -0.25) is 14.5 Å². The van der Waals surface area contributed by atoms with Crippen LogP contribution in [0.4, 0.5) is 5.69 Å². The predicted octanol–water partition coefficient (Wildman–Crippen LogP) is 4.93. The molecule has 5 aromatic rings. The topological polar surface area (TPSA) is 98.6 Å². The van der Waals surface area contributed by atoms with Crippen molar-refractivity contribution >= 4 is 28.5 Å². The van der Waals surface area contributed by atoms with Crippen LogP contribution in [-0.4, -0.2) is 40.5 Å². The lowest BCUT2D eigenvalue weighted by Crippen LogP contribution is -2.45. The summed E-state index contributed by atoms with van der Waals surface area (Å²) in [4.78, 5) is 29.8. The summed E-state index contributed by atoms with van der Waals surface area (Å²) in [6, 6.07) is 30.4. The Labute approximate surface area is 238 Å². The molecule has 0 saturated heterocycles. The first-order valence-corrected chi connectivity index (χ1v) is 13.4.